The zero-order valence-electron chi connectivity index (χ0n) is 14.9. The fourth-order valence-corrected chi connectivity index (χ4v) is 1.89. The van der Waals surface area contributed by atoms with Gasteiger partial charge in [0.25, 0.3) is 5.91 Å². The number of nitrogens with one attached hydrogen (secondary N) is 1. The molecule has 0 atom stereocenters. The van der Waals surface area contributed by atoms with Crippen LogP contribution in [0.2, 0.25) is 0 Å². The second kappa shape index (κ2) is 9.26. The summed E-state index contributed by atoms with van der Waals surface area (Å²) in [4.78, 5) is 24.8. The van der Waals surface area contributed by atoms with Crippen LogP contribution in [0, 0.1) is 0 Å². The number of furan rings is 1. The summed E-state index contributed by atoms with van der Waals surface area (Å²) in [7, 11) is 3.32. The lowest BCUT2D eigenvalue weighted by Crippen LogP contribution is -2.27. The molecule has 8 heteroatoms. The lowest BCUT2D eigenvalue weighted by molar-refractivity contribution is -0.130. The van der Waals surface area contributed by atoms with Crippen LogP contribution in [0.3, 0.4) is 0 Å². The Morgan fingerprint density at radius 1 is 1.23 bits per heavy atom. The standard InChI is InChI=1S/C18H21N3O5/c1-4-24-16-10-13(7-8-14(16)26-12-17(22)21(2)3)11-19-20-18(23)15-6-5-9-25-15/h5-11H,4,12H2,1-3H3,(H,20,23)/b19-11-. The largest absolute Gasteiger partial charge is 0.490 e. The molecule has 26 heavy (non-hydrogen) atoms. The third-order valence-electron chi connectivity index (χ3n) is 3.24. The number of carbonyl (C=O) groups is 2. The number of hydrogen-bond donors (Lipinski definition) is 1. The molecular formula is C18H21N3O5. The average molecular weight is 359 g/mol. The number of hydrazone groups is 1. The first kappa shape index (κ1) is 19.0. The lowest BCUT2D eigenvalue weighted by atomic mass is 10.2. The molecule has 2 aromatic rings. The third kappa shape index (κ3) is 5.37. The Morgan fingerprint density at radius 2 is 2.04 bits per heavy atom. The topological polar surface area (TPSA) is 93.4 Å². The van der Waals surface area contributed by atoms with Gasteiger partial charge in [-0.05, 0) is 42.8 Å². The van der Waals surface area contributed by atoms with E-state index in [1.54, 1.807) is 44.4 Å². The van der Waals surface area contributed by atoms with E-state index >= 15 is 0 Å². The summed E-state index contributed by atoms with van der Waals surface area (Å²) in [5.41, 5.74) is 3.06. The molecule has 0 aliphatic rings. The monoisotopic (exact) mass is 359 g/mol. The van der Waals surface area contributed by atoms with Crippen molar-refractivity contribution in [2.45, 2.75) is 6.92 Å². The van der Waals surface area contributed by atoms with Gasteiger partial charge in [-0.2, -0.15) is 5.10 Å². The molecule has 0 radical (unpaired) electrons. The van der Waals surface area contributed by atoms with Gasteiger partial charge in [0.1, 0.15) is 0 Å². The van der Waals surface area contributed by atoms with Crippen molar-refractivity contribution < 1.29 is 23.5 Å². The van der Waals surface area contributed by atoms with E-state index in [0.29, 0.717) is 23.7 Å². The van der Waals surface area contributed by atoms with Crippen LogP contribution in [0.4, 0.5) is 0 Å². The lowest BCUT2D eigenvalue weighted by Gasteiger charge is -2.14. The molecule has 138 valence electrons. The third-order valence-corrected chi connectivity index (χ3v) is 3.24. The van der Waals surface area contributed by atoms with Crippen LogP contribution in [0.1, 0.15) is 23.0 Å². The van der Waals surface area contributed by atoms with Gasteiger partial charge < -0.3 is 18.8 Å². The van der Waals surface area contributed by atoms with E-state index in [1.165, 1.54) is 17.4 Å². The Morgan fingerprint density at radius 3 is 2.69 bits per heavy atom. The summed E-state index contributed by atoms with van der Waals surface area (Å²) in [6.45, 7) is 2.20. The van der Waals surface area contributed by atoms with Gasteiger partial charge in [0.05, 0.1) is 19.1 Å². The molecule has 1 aromatic heterocycles. The highest BCUT2D eigenvalue weighted by Gasteiger charge is 2.10. The minimum atomic E-state index is -0.446. The maximum absolute atomic E-state index is 11.7. The molecule has 2 rings (SSSR count). The Balaban J connectivity index is 2.03. The van der Waals surface area contributed by atoms with Crippen molar-refractivity contribution in [3.8, 4) is 11.5 Å². The zero-order chi connectivity index (χ0) is 18.9. The van der Waals surface area contributed by atoms with Crippen LogP contribution in [0.25, 0.3) is 0 Å². The zero-order valence-corrected chi connectivity index (χ0v) is 14.9. The Bertz CT molecular complexity index is 769. The Kier molecular flexibility index (Phi) is 6.78. The highest BCUT2D eigenvalue weighted by molar-refractivity contribution is 5.92. The van der Waals surface area contributed by atoms with Crippen LogP contribution in [0.15, 0.2) is 46.1 Å². The van der Waals surface area contributed by atoms with E-state index in [2.05, 4.69) is 10.5 Å². The van der Waals surface area contributed by atoms with Crippen LogP contribution in [0.5, 0.6) is 11.5 Å². The maximum atomic E-state index is 11.7. The van der Waals surface area contributed by atoms with E-state index in [4.69, 9.17) is 13.9 Å². The van der Waals surface area contributed by atoms with E-state index in [0.717, 1.165) is 0 Å². The fourth-order valence-electron chi connectivity index (χ4n) is 1.89. The second-order valence-electron chi connectivity index (χ2n) is 5.39. The number of carbonyl (C=O) groups excluding carboxylic acids is 2. The van der Waals surface area contributed by atoms with Crippen molar-refractivity contribution in [1.29, 1.82) is 0 Å². The number of hydrogen-bond acceptors (Lipinski definition) is 6. The normalized spacial score (nSPS) is 10.6. The van der Waals surface area contributed by atoms with Crippen molar-refractivity contribution >= 4 is 18.0 Å². The van der Waals surface area contributed by atoms with E-state index < -0.39 is 5.91 Å². The first-order chi connectivity index (χ1) is 12.5. The molecule has 0 bridgehead atoms. The highest BCUT2D eigenvalue weighted by Crippen LogP contribution is 2.28. The van der Waals surface area contributed by atoms with Crippen molar-refractivity contribution in [2.24, 2.45) is 5.10 Å². The highest BCUT2D eigenvalue weighted by atomic mass is 16.5. The minimum absolute atomic E-state index is 0.0836. The molecule has 0 spiro atoms. The molecule has 0 saturated heterocycles. The molecule has 1 aromatic carbocycles. The van der Waals surface area contributed by atoms with E-state index in [-0.39, 0.29) is 18.3 Å². The molecule has 0 saturated carbocycles. The molecule has 2 amide bonds. The number of benzene rings is 1. The maximum Gasteiger partial charge on any atom is 0.307 e. The van der Waals surface area contributed by atoms with Gasteiger partial charge in [-0.25, -0.2) is 5.43 Å². The van der Waals surface area contributed by atoms with Gasteiger partial charge in [0.15, 0.2) is 23.9 Å². The summed E-state index contributed by atoms with van der Waals surface area (Å²) in [6, 6.07) is 8.29. The number of ether oxygens (including phenoxy) is 2. The van der Waals surface area contributed by atoms with Gasteiger partial charge >= 0.3 is 5.91 Å². The van der Waals surface area contributed by atoms with Gasteiger partial charge in [0.2, 0.25) is 0 Å². The summed E-state index contributed by atoms with van der Waals surface area (Å²) >= 11 is 0. The summed E-state index contributed by atoms with van der Waals surface area (Å²) in [6.07, 6.45) is 2.88. The van der Waals surface area contributed by atoms with Crippen LogP contribution >= 0.6 is 0 Å². The number of nitrogens with zero attached hydrogens (tertiary/aromatic N) is 2. The first-order valence-electron chi connectivity index (χ1n) is 7.98. The SMILES string of the molecule is CCOc1cc(/C=N\NC(=O)c2ccco2)ccc1OCC(=O)N(C)C. The molecular weight excluding hydrogens is 338 g/mol. The summed E-state index contributed by atoms with van der Waals surface area (Å²) < 4.78 is 16.0. The molecule has 8 nitrogen and oxygen atoms in total. The Labute approximate surface area is 151 Å². The van der Waals surface area contributed by atoms with Crippen molar-refractivity contribution in [3.05, 3.63) is 47.9 Å². The van der Waals surface area contributed by atoms with Gasteiger partial charge in [-0.15, -0.1) is 0 Å². The van der Waals surface area contributed by atoms with Gasteiger partial charge in [-0.1, -0.05) is 0 Å². The minimum Gasteiger partial charge on any atom is -0.490 e. The van der Waals surface area contributed by atoms with Gasteiger partial charge in [0, 0.05) is 14.1 Å². The molecule has 0 aliphatic heterocycles. The average Bonchev–Trinajstić information content (AvgIpc) is 3.15. The van der Waals surface area contributed by atoms with Crippen molar-refractivity contribution in [1.82, 2.24) is 10.3 Å². The molecule has 0 aliphatic carbocycles. The summed E-state index contributed by atoms with van der Waals surface area (Å²) in [5.74, 6) is 0.516. The van der Waals surface area contributed by atoms with Crippen LogP contribution < -0.4 is 14.9 Å². The molecule has 0 fully saturated rings. The molecule has 1 N–H and O–H groups in total. The van der Waals surface area contributed by atoms with Crippen molar-refractivity contribution in [3.63, 3.8) is 0 Å². The number of rotatable bonds is 8. The predicted octanol–water partition coefficient (Wildman–Crippen LogP) is 1.91. The molecule has 1 heterocycles. The van der Waals surface area contributed by atoms with Crippen molar-refractivity contribution in [2.75, 3.05) is 27.3 Å². The second-order valence-corrected chi connectivity index (χ2v) is 5.39. The number of amides is 2. The smallest absolute Gasteiger partial charge is 0.307 e. The van der Waals surface area contributed by atoms with Crippen LogP contribution in [-0.2, 0) is 4.79 Å². The fraction of sp³-hybridized carbons (Fsp3) is 0.278. The predicted molar refractivity (Wildman–Crippen MR) is 95.6 cm³/mol. The van der Waals surface area contributed by atoms with E-state index in [1.807, 2.05) is 6.92 Å². The van der Waals surface area contributed by atoms with E-state index in [9.17, 15) is 9.59 Å². The molecule has 0 unspecified atom stereocenters. The number of likely N-dealkylation sites (N-methyl/N-ethyl adjacent to an activating group) is 1. The van der Waals surface area contributed by atoms with Crippen LogP contribution in [-0.4, -0.2) is 50.2 Å². The van der Waals surface area contributed by atoms with Gasteiger partial charge in [-0.3, -0.25) is 9.59 Å². The first-order valence-corrected chi connectivity index (χ1v) is 7.98. The quantitative estimate of drug-likeness (QED) is 0.574. The summed E-state index contributed by atoms with van der Waals surface area (Å²) in [5, 5.41) is 3.88. The Hall–Kier alpha value is -3.29.